The van der Waals surface area contributed by atoms with Gasteiger partial charge in [0.1, 0.15) is 128 Å². The number of rotatable bonds is 17. The van der Waals surface area contributed by atoms with Crippen molar-refractivity contribution >= 4 is 5.97 Å². The number of aliphatic carboxylic acids is 1. The van der Waals surface area contributed by atoms with E-state index in [1.165, 1.54) is 12.5 Å². The van der Waals surface area contributed by atoms with Gasteiger partial charge in [-0.1, -0.05) is 72.3 Å². The fourth-order valence-corrected chi connectivity index (χ4v) is 18.5. The maximum absolute atomic E-state index is 13.0. The third kappa shape index (κ3) is 12.9. The number of carboxylic acid groups (broad SMARTS) is 1. The molecule has 5 aliphatic carbocycles. The number of hydrogen-bond acceptors (Lipinski definition) is 30. The van der Waals surface area contributed by atoms with Crippen LogP contribution in [0.1, 0.15) is 107 Å². The third-order valence-electron chi connectivity index (χ3n) is 24.8. The lowest BCUT2D eigenvalue weighted by atomic mass is 9.34. The third-order valence-corrected chi connectivity index (χ3v) is 24.8. The minimum absolute atomic E-state index is 0.0764. The van der Waals surface area contributed by atoms with Crippen molar-refractivity contribution < 1.29 is 154 Å². The first-order valence-corrected chi connectivity index (χ1v) is 33.8. The van der Waals surface area contributed by atoms with Crippen LogP contribution in [0.5, 0.6) is 0 Å². The summed E-state index contributed by atoms with van der Waals surface area (Å²) >= 11 is 0. The molecule has 0 bridgehead atoms. The monoisotopic (exact) mass is 1380 g/mol. The van der Waals surface area contributed by atoms with Gasteiger partial charge in [0, 0.05) is 10.8 Å². The standard InChI is InChI=1S/C65H104O31/c1-25-35(70)39(74)43(78)54(87-25)86-23-31-38(73)41(76)52(96-55-44(79)40(75)37(72)29(20-66)88-55)59(90-31)92-48-30(21-67)89-56(45(80)42(48)77)95-51-36(71)28(69)22-85-58(51)93-49-46(81)50(53(83)84)94-57(47(49)82)91-34-12-13-62(5)32(63(34,6)24-68)11-14-65(8)33(62)10-9-26-27-19-60(2,3)15-16-61(27,4)17-18-64(26,65)7/h9,17-18,25,27-52,54-59,66-82H,10-16,19-24H2,1-8H3,(H,83,84)/t25-,27?,28-,29+,30+,31+,32+,33+,34-,35-,36-,37-,38+,39+,40-,41-,42+,43+,44+,45+,46-,47+,48-,49-,50-,51+,52+,54+,55-,56-,57+,58-,59-,61+,62-,63+,64+,65+/m0/s1. The van der Waals surface area contributed by atoms with Crippen LogP contribution in [-0.2, 0) is 61.6 Å². The largest absolute Gasteiger partial charge is 0.479 e. The van der Waals surface area contributed by atoms with E-state index in [2.05, 4.69) is 59.8 Å². The molecule has 0 aromatic heterocycles. The van der Waals surface area contributed by atoms with Gasteiger partial charge in [-0.3, -0.25) is 0 Å². The van der Waals surface area contributed by atoms with Crippen molar-refractivity contribution in [2.75, 3.05) is 33.0 Å². The highest BCUT2D eigenvalue weighted by atomic mass is 16.8. The summed E-state index contributed by atoms with van der Waals surface area (Å²) in [6.45, 7) is 13.8. The number of fused-ring (bicyclic) bond motifs is 7. The average Bonchev–Trinajstić information content (AvgIpc) is 0.677. The molecule has 1 unspecified atom stereocenters. The van der Waals surface area contributed by atoms with Crippen LogP contribution in [0.15, 0.2) is 23.8 Å². The molecule has 6 heterocycles. The molecule has 0 radical (unpaired) electrons. The molecular weight excluding hydrogens is 1280 g/mol. The van der Waals surface area contributed by atoms with Crippen molar-refractivity contribution in [1.82, 2.24) is 0 Å². The zero-order valence-corrected chi connectivity index (χ0v) is 55.3. The van der Waals surface area contributed by atoms with Crippen molar-refractivity contribution in [2.24, 2.45) is 50.2 Å². The summed E-state index contributed by atoms with van der Waals surface area (Å²) in [6, 6.07) is 0. The van der Waals surface area contributed by atoms with Gasteiger partial charge in [-0.15, -0.1) is 0 Å². The van der Waals surface area contributed by atoms with E-state index >= 15 is 0 Å². The number of carboxylic acids is 1. The van der Waals surface area contributed by atoms with Crippen molar-refractivity contribution in [3.05, 3.63) is 23.8 Å². The molecule has 9 fully saturated rings. The van der Waals surface area contributed by atoms with Crippen molar-refractivity contribution in [3.63, 3.8) is 0 Å². The number of allylic oxidation sites excluding steroid dienone is 4. The molecule has 18 N–H and O–H groups in total. The minimum Gasteiger partial charge on any atom is -0.479 e. The van der Waals surface area contributed by atoms with Crippen molar-refractivity contribution in [3.8, 4) is 0 Å². The maximum Gasteiger partial charge on any atom is 0.335 e. The van der Waals surface area contributed by atoms with E-state index in [1.54, 1.807) is 0 Å². The smallest absolute Gasteiger partial charge is 0.335 e. The number of aliphatic hydroxyl groups is 17. The first-order valence-electron chi connectivity index (χ1n) is 33.8. The second kappa shape index (κ2) is 28.1. The maximum atomic E-state index is 13.0. The summed E-state index contributed by atoms with van der Waals surface area (Å²) in [6.07, 6.45) is -42.5. The van der Waals surface area contributed by atoms with Crippen LogP contribution >= 0.6 is 0 Å². The van der Waals surface area contributed by atoms with Crippen LogP contribution < -0.4 is 0 Å². The molecule has 550 valence electrons. The molecule has 31 heteroatoms. The van der Waals surface area contributed by atoms with Gasteiger partial charge in [-0.25, -0.2) is 4.79 Å². The van der Waals surface area contributed by atoms with E-state index in [-0.39, 0.29) is 45.5 Å². The Balaban J connectivity index is 0.794. The van der Waals surface area contributed by atoms with Gasteiger partial charge in [0.05, 0.1) is 45.2 Å². The molecule has 0 amide bonds. The van der Waals surface area contributed by atoms with Crippen LogP contribution in [0.4, 0.5) is 0 Å². The second-order valence-electron chi connectivity index (χ2n) is 31.1. The number of aliphatic hydroxyl groups excluding tert-OH is 17. The van der Waals surface area contributed by atoms with Crippen molar-refractivity contribution in [1.29, 1.82) is 0 Å². The van der Waals surface area contributed by atoms with Crippen LogP contribution in [0.2, 0.25) is 0 Å². The normalized spacial score (nSPS) is 55.0. The first kappa shape index (κ1) is 75.0. The molecule has 3 saturated carbocycles. The van der Waals surface area contributed by atoms with E-state index in [4.69, 9.17) is 56.8 Å². The first-order chi connectivity index (χ1) is 45.0. The molecule has 38 atom stereocenters. The summed E-state index contributed by atoms with van der Waals surface area (Å²) in [5, 5.41) is 199. The Kier molecular flexibility index (Phi) is 21.9. The SMILES string of the molecule is C[C@@H]1O[C@@H](OC[C@H]2O[C@@H](O[C@@H]3[C@H](O)[C@@H](O)[C@H](O[C@H]4[C@H](O[C@@H]5[C@@H](O)[C@H](O[C@H]6CC[C@@]7(C)[C@@H](CC[C@]8(C)[C@@H]7CC=C7C9CC(C)(C)CC[C@]9(C)C=C[C@]78C)[C@@]6(C)CO)O[C@H](C(=O)O)[C@H]5O)OC[C@H](O)[C@@H]4O)O[C@@H]3CO)[C@H](O[C@@H]3O[C@H](CO)[C@H](O)[C@H](O)[C@H]3O)[C@@H](O)[C@@H]2O)[C@H](O)[C@H](O)[C@H]1O. The lowest BCUT2D eigenvalue weighted by Crippen LogP contribution is -2.68. The predicted molar refractivity (Wildman–Crippen MR) is 321 cm³/mol. The Morgan fingerprint density at radius 1 is 0.521 bits per heavy atom. The van der Waals surface area contributed by atoms with E-state index in [9.17, 15) is 96.7 Å². The Morgan fingerprint density at radius 2 is 1.09 bits per heavy atom. The van der Waals surface area contributed by atoms with Crippen LogP contribution in [0, 0.1) is 50.2 Å². The fraction of sp³-hybridized carbons (Fsp3) is 0.923. The summed E-state index contributed by atoms with van der Waals surface area (Å²) in [5.41, 5.74) is 0.187. The topological polar surface area (TPSA) is 492 Å². The Labute approximate surface area is 555 Å². The van der Waals surface area contributed by atoms with Crippen LogP contribution in [0.3, 0.4) is 0 Å². The predicted octanol–water partition coefficient (Wildman–Crippen LogP) is -4.38. The highest BCUT2D eigenvalue weighted by Crippen LogP contribution is 2.74. The number of carbonyl (C=O) groups is 1. The van der Waals surface area contributed by atoms with Gasteiger partial charge in [0.25, 0.3) is 0 Å². The molecule has 0 spiro atoms. The zero-order valence-electron chi connectivity index (χ0n) is 55.3. The second-order valence-corrected chi connectivity index (χ2v) is 31.1. The highest BCUT2D eigenvalue weighted by Gasteiger charge is 2.69. The van der Waals surface area contributed by atoms with E-state index in [0.717, 1.165) is 38.5 Å². The molecule has 0 aromatic carbocycles. The van der Waals surface area contributed by atoms with Gasteiger partial charge in [0.2, 0.25) is 0 Å². The Morgan fingerprint density at radius 3 is 1.75 bits per heavy atom. The fourth-order valence-electron chi connectivity index (χ4n) is 18.5. The molecule has 11 aliphatic rings. The number of hydrogen-bond donors (Lipinski definition) is 18. The van der Waals surface area contributed by atoms with Gasteiger partial charge in [0.15, 0.2) is 43.8 Å². The summed E-state index contributed by atoms with van der Waals surface area (Å²) in [5.74, 6) is -1.19. The number of ether oxygens (including phenoxy) is 12. The lowest BCUT2D eigenvalue weighted by molar-refractivity contribution is -0.402. The Hall–Kier alpha value is -2.21. The lowest BCUT2D eigenvalue weighted by Gasteiger charge is -2.70. The zero-order chi connectivity index (χ0) is 70.0. The van der Waals surface area contributed by atoms with E-state index in [0.29, 0.717) is 18.8 Å². The van der Waals surface area contributed by atoms with Crippen LogP contribution in [-0.4, -0.2) is 315 Å². The molecule has 6 saturated heterocycles. The van der Waals surface area contributed by atoms with Gasteiger partial charge < -0.3 is 149 Å². The molecular formula is C65H104O31. The minimum atomic E-state index is -2.30. The summed E-state index contributed by atoms with van der Waals surface area (Å²) in [4.78, 5) is 13.0. The van der Waals surface area contributed by atoms with Crippen LogP contribution in [0.25, 0.3) is 0 Å². The Bertz CT molecular complexity index is 2740. The van der Waals surface area contributed by atoms with Gasteiger partial charge >= 0.3 is 5.97 Å². The summed E-state index contributed by atoms with van der Waals surface area (Å²) in [7, 11) is 0. The molecule has 31 nitrogen and oxygen atoms in total. The van der Waals surface area contributed by atoms with Crippen molar-refractivity contribution in [2.45, 2.75) is 291 Å². The summed E-state index contributed by atoms with van der Waals surface area (Å²) < 4.78 is 70.9. The highest BCUT2D eigenvalue weighted by molar-refractivity contribution is 5.73. The molecule has 0 aromatic rings. The van der Waals surface area contributed by atoms with Gasteiger partial charge in [-0.2, -0.15) is 0 Å². The van der Waals surface area contributed by atoms with E-state index in [1.807, 2.05) is 6.92 Å². The molecule has 11 rings (SSSR count). The van der Waals surface area contributed by atoms with Gasteiger partial charge in [-0.05, 0) is 97.7 Å². The average molecular weight is 1380 g/mol. The molecule has 96 heavy (non-hydrogen) atoms. The molecule has 6 aliphatic heterocycles. The van der Waals surface area contributed by atoms with E-state index < -0.39 is 222 Å². The quantitative estimate of drug-likeness (QED) is 0.0483.